The normalized spacial score (nSPS) is 10.4. The van der Waals surface area contributed by atoms with Crippen LogP contribution in [-0.4, -0.2) is 7.05 Å². The van der Waals surface area contributed by atoms with Crippen LogP contribution in [0.2, 0.25) is 0 Å². The molecule has 94 valence electrons. The molecule has 2 aromatic rings. The number of aryl methyl sites for hydroxylation is 2. The number of rotatable bonds is 2. The third-order valence-electron chi connectivity index (χ3n) is 3.20. The Bertz CT molecular complexity index is 579. The summed E-state index contributed by atoms with van der Waals surface area (Å²) >= 11 is 0. The van der Waals surface area contributed by atoms with Crippen molar-refractivity contribution in [2.75, 3.05) is 17.7 Å². The Morgan fingerprint density at radius 3 is 2.39 bits per heavy atom. The first-order chi connectivity index (χ1) is 8.49. The number of hydrogen-bond donors (Lipinski definition) is 1. The molecular formula is C15H17FN2. The number of halogens is 1. The van der Waals surface area contributed by atoms with E-state index < -0.39 is 0 Å². The van der Waals surface area contributed by atoms with Gasteiger partial charge in [-0.1, -0.05) is 6.07 Å². The lowest BCUT2D eigenvalue weighted by Crippen LogP contribution is -2.12. The largest absolute Gasteiger partial charge is 0.397 e. The Kier molecular flexibility index (Phi) is 3.24. The highest BCUT2D eigenvalue weighted by molar-refractivity contribution is 5.75. The average Bonchev–Trinajstić information content (AvgIpc) is 2.33. The lowest BCUT2D eigenvalue weighted by atomic mass is 10.1. The van der Waals surface area contributed by atoms with Crippen LogP contribution in [0, 0.1) is 19.7 Å². The van der Waals surface area contributed by atoms with Crippen LogP contribution in [0.15, 0.2) is 36.4 Å². The minimum atomic E-state index is -0.248. The Labute approximate surface area is 107 Å². The first-order valence-corrected chi connectivity index (χ1v) is 5.85. The van der Waals surface area contributed by atoms with Crippen molar-refractivity contribution >= 4 is 17.1 Å². The molecule has 0 spiro atoms. The van der Waals surface area contributed by atoms with E-state index in [1.54, 1.807) is 6.07 Å². The van der Waals surface area contributed by atoms with Gasteiger partial charge in [0.15, 0.2) is 0 Å². The molecule has 2 rings (SSSR count). The minimum Gasteiger partial charge on any atom is -0.397 e. The van der Waals surface area contributed by atoms with Crippen molar-refractivity contribution in [3.8, 4) is 0 Å². The Morgan fingerprint density at radius 2 is 1.72 bits per heavy atom. The number of nitrogens with zero attached hydrogens (tertiary/aromatic N) is 1. The van der Waals surface area contributed by atoms with Crippen LogP contribution in [-0.2, 0) is 0 Å². The third kappa shape index (κ3) is 2.30. The van der Waals surface area contributed by atoms with E-state index in [2.05, 4.69) is 0 Å². The van der Waals surface area contributed by atoms with Gasteiger partial charge in [0.2, 0.25) is 0 Å². The van der Waals surface area contributed by atoms with Crippen LogP contribution >= 0.6 is 0 Å². The summed E-state index contributed by atoms with van der Waals surface area (Å²) in [5.41, 5.74) is 10.7. The van der Waals surface area contributed by atoms with Crippen molar-refractivity contribution in [3.63, 3.8) is 0 Å². The number of hydrogen-bond acceptors (Lipinski definition) is 2. The molecule has 0 aliphatic heterocycles. The molecule has 0 saturated carbocycles. The molecule has 2 nitrogen and oxygen atoms in total. The quantitative estimate of drug-likeness (QED) is 0.814. The Balaban J connectivity index is 2.46. The van der Waals surface area contributed by atoms with E-state index in [0.717, 1.165) is 16.9 Å². The fourth-order valence-electron chi connectivity index (χ4n) is 1.94. The highest BCUT2D eigenvalue weighted by Gasteiger charge is 2.09. The lowest BCUT2D eigenvalue weighted by Gasteiger charge is -2.22. The fourth-order valence-corrected chi connectivity index (χ4v) is 1.94. The zero-order valence-corrected chi connectivity index (χ0v) is 10.9. The number of nitrogens with two attached hydrogens (primary N) is 1. The molecule has 3 heteroatoms. The van der Waals surface area contributed by atoms with Gasteiger partial charge in [-0.3, -0.25) is 0 Å². The van der Waals surface area contributed by atoms with Crippen molar-refractivity contribution in [2.45, 2.75) is 13.8 Å². The lowest BCUT2D eigenvalue weighted by molar-refractivity contribution is 0.628. The molecule has 0 amide bonds. The molecule has 0 unspecified atom stereocenters. The molecule has 0 fully saturated rings. The van der Waals surface area contributed by atoms with E-state index in [9.17, 15) is 4.39 Å². The van der Waals surface area contributed by atoms with Gasteiger partial charge in [-0.15, -0.1) is 0 Å². The van der Waals surface area contributed by atoms with Gasteiger partial charge in [-0.2, -0.15) is 0 Å². The topological polar surface area (TPSA) is 29.3 Å². The Hall–Kier alpha value is -2.03. The van der Waals surface area contributed by atoms with Gasteiger partial charge in [0.25, 0.3) is 0 Å². The van der Waals surface area contributed by atoms with Crippen LogP contribution in [0.1, 0.15) is 11.1 Å². The van der Waals surface area contributed by atoms with Gasteiger partial charge in [0, 0.05) is 12.7 Å². The second-order valence-corrected chi connectivity index (χ2v) is 4.53. The van der Waals surface area contributed by atoms with Crippen LogP contribution < -0.4 is 10.6 Å². The molecule has 0 radical (unpaired) electrons. The van der Waals surface area contributed by atoms with Gasteiger partial charge in [-0.05, 0) is 55.3 Å². The van der Waals surface area contributed by atoms with Crippen molar-refractivity contribution in [3.05, 3.63) is 53.3 Å². The van der Waals surface area contributed by atoms with Crippen LogP contribution in [0.3, 0.4) is 0 Å². The summed E-state index contributed by atoms with van der Waals surface area (Å²) in [6, 6.07) is 10.4. The minimum absolute atomic E-state index is 0.248. The average molecular weight is 244 g/mol. The maximum Gasteiger partial charge on any atom is 0.125 e. The van der Waals surface area contributed by atoms with Gasteiger partial charge in [-0.25, -0.2) is 4.39 Å². The highest BCUT2D eigenvalue weighted by Crippen LogP contribution is 2.31. The molecule has 2 N–H and O–H groups in total. The third-order valence-corrected chi connectivity index (χ3v) is 3.20. The smallest absolute Gasteiger partial charge is 0.125 e. The first kappa shape index (κ1) is 12.4. The number of anilines is 3. The molecule has 0 heterocycles. The van der Waals surface area contributed by atoms with Crippen LogP contribution in [0.25, 0.3) is 0 Å². The summed E-state index contributed by atoms with van der Waals surface area (Å²) in [7, 11) is 1.88. The zero-order valence-electron chi connectivity index (χ0n) is 10.9. The van der Waals surface area contributed by atoms with E-state index in [1.807, 2.05) is 44.0 Å². The van der Waals surface area contributed by atoms with Crippen LogP contribution in [0.5, 0.6) is 0 Å². The maximum absolute atomic E-state index is 13.2. The van der Waals surface area contributed by atoms with E-state index in [4.69, 9.17) is 5.73 Å². The maximum atomic E-state index is 13.2. The molecule has 0 atom stereocenters. The van der Waals surface area contributed by atoms with Gasteiger partial charge in [0.1, 0.15) is 5.82 Å². The summed E-state index contributed by atoms with van der Waals surface area (Å²) in [6.07, 6.45) is 0. The van der Waals surface area contributed by atoms with Crippen molar-refractivity contribution in [1.29, 1.82) is 0 Å². The molecular weight excluding hydrogens is 227 g/mol. The summed E-state index contributed by atoms with van der Waals surface area (Å²) in [6.45, 7) is 4.06. The fraction of sp³-hybridized carbons (Fsp3) is 0.200. The second kappa shape index (κ2) is 4.69. The standard InChI is InChI=1S/C15H17FN2/c1-10-7-14(17)15(8-11(10)2)18(3)13-6-4-5-12(16)9-13/h4-9H,17H2,1-3H3. The molecule has 0 aliphatic carbocycles. The SMILES string of the molecule is Cc1cc(N)c(N(C)c2cccc(F)c2)cc1C. The van der Waals surface area contributed by atoms with Crippen molar-refractivity contribution in [2.24, 2.45) is 0 Å². The highest BCUT2D eigenvalue weighted by atomic mass is 19.1. The van der Waals surface area contributed by atoms with Crippen molar-refractivity contribution in [1.82, 2.24) is 0 Å². The van der Waals surface area contributed by atoms with E-state index >= 15 is 0 Å². The Morgan fingerprint density at radius 1 is 1.06 bits per heavy atom. The van der Waals surface area contributed by atoms with Crippen LogP contribution in [0.4, 0.5) is 21.5 Å². The van der Waals surface area contributed by atoms with E-state index in [0.29, 0.717) is 5.69 Å². The molecule has 0 aromatic heterocycles. The number of benzene rings is 2. The summed E-state index contributed by atoms with van der Waals surface area (Å²) in [4.78, 5) is 1.89. The van der Waals surface area contributed by atoms with Crippen molar-refractivity contribution < 1.29 is 4.39 Å². The van der Waals surface area contributed by atoms with E-state index in [-0.39, 0.29) is 5.82 Å². The van der Waals surface area contributed by atoms with Gasteiger partial charge >= 0.3 is 0 Å². The molecule has 2 aromatic carbocycles. The predicted molar refractivity (Wildman–Crippen MR) is 74.8 cm³/mol. The monoisotopic (exact) mass is 244 g/mol. The molecule has 0 bridgehead atoms. The summed E-state index contributed by atoms with van der Waals surface area (Å²) < 4.78 is 13.2. The van der Waals surface area contributed by atoms with Gasteiger partial charge < -0.3 is 10.6 Å². The second-order valence-electron chi connectivity index (χ2n) is 4.53. The molecule has 0 aliphatic rings. The van der Waals surface area contributed by atoms with Gasteiger partial charge in [0.05, 0.1) is 11.4 Å². The zero-order chi connectivity index (χ0) is 13.3. The molecule has 0 saturated heterocycles. The molecule has 18 heavy (non-hydrogen) atoms. The number of nitrogen functional groups attached to an aromatic ring is 1. The summed E-state index contributed by atoms with van der Waals surface area (Å²) in [5, 5.41) is 0. The first-order valence-electron chi connectivity index (χ1n) is 5.85. The van der Waals surface area contributed by atoms with E-state index in [1.165, 1.54) is 17.7 Å². The summed E-state index contributed by atoms with van der Waals surface area (Å²) in [5.74, 6) is -0.248. The predicted octanol–water partition coefficient (Wildman–Crippen LogP) is 3.79.